The van der Waals surface area contributed by atoms with Gasteiger partial charge in [-0.3, -0.25) is 14.8 Å². The van der Waals surface area contributed by atoms with E-state index in [1.807, 2.05) is 0 Å². The molecule has 4 rings (SSSR count). The van der Waals surface area contributed by atoms with Crippen LogP contribution in [0.2, 0.25) is 5.02 Å². The Morgan fingerprint density at radius 1 is 1.00 bits per heavy atom. The molecular weight excluding hydrogens is 468 g/mol. The predicted molar refractivity (Wildman–Crippen MR) is 116 cm³/mol. The minimum Gasteiger partial charge on any atom is -0.298 e. The lowest BCUT2D eigenvalue weighted by atomic mass is 10.2. The maximum atomic E-state index is 13.8. The summed E-state index contributed by atoms with van der Waals surface area (Å²) < 4.78 is 54.6. The number of carbonyl (C=O) groups excluding carboxylic acids is 1. The molecule has 0 spiro atoms. The van der Waals surface area contributed by atoms with E-state index >= 15 is 0 Å². The molecule has 1 aromatic heterocycles. The lowest BCUT2D eigenvalue weighted by Gasteiger charge is -2.09. The van der Waals surface area contributed by atoms with E-state index in [0.717, 1.165) is 23.5 Å². The number of nitrogens with zero attached hydrogens (tertiary/aromatic N) is 1. The highest BCUT2D eigenvalue weighted by molar-refractivity contribution is 7.92. The molecule has 31 heavy (non-hydrogen) atoms. The number of thiazole rings is 1. The van der Waals surface area contributed by atoms with E-state index in [4.69, 9.17) is 11.6 Å². The van der Waals surface area contributed by atoms with Crippen molar-refractivity contribution in [2.24, 2.45) is 0 Å². The van der Waals surface area contributed by atoms with Crippen molar-refractivity contribution in [1.82, 2.24) is 4.98 Å². The Labute approximate surface area is 184 Å². The van der Waals surface area contributed by atoms with Crippen LogP contribution in [0.25, 0.3) is 10.2 Å². The number of sulfonamides is 1. The van der Waals surface area contributed by atoms with Gasteiger partial charge in [-0.1, -0.05) is 22.9 Å². The molecular formula is C20H12ClF2N3O3S2. The predicted octanol–water partition coefficient (Wildman–Crippen LogP) is 5.28. The number of aromatic nitrogens is 1. The smallest absolute Gasteiger partial charge is 0.261 e. The second kappa shape index (κ2) is 8.22. The number of fused-ring (bicyclic) bond motifs is 1. The molecule has 0 unspecified atom stereocenters. The Balaban J connectivity index is 1.48. The number of nitrogens with one attached hydrogen (secondary N) is 2. The molecule has 0 fully saturated rings. The second-order valence-electron chi connectivity index (χ2n) is 6.34. The molecule has 0 radical (unpaired) electrons. The highest BCUT2D eigenvalue weighted by Gasteiger charge is 2.16. The van der Waals surface area contributed by atoms with E-state index in [9.17, 15) is 22.0 Å². The average molecular weight is 480 g/mol. The molecule has 0 atom stereocenters. The molecule has 0 aliphatic heterocycles. The van der Waals surface area contributed by atoms with Crippen LogP contribution < -0.4 is 10.0 Å². The van der Waals surface area contributed by atoms with Crippen LogP contribution >= 0.6 is 22.9 Å². The summed E-state index contributed by atoms with van der Waals surface area (Å²) in [5, 5.41) is 3.04. The summed E-state index contributed by atoms with van der Waals surface area (Å²) in [5.74, 6) is -2.08. The van der Waals surface area contributed by atoms with Crippen molar-refractivity contribution < 1.29 is 22.0 Å². The van der Waals surface area contributed by atoms with Crippen molar-refractivity contribution >= 4 is 59.9 Å². The van der Waals surface area contributed by atoms with E-state index in [2.05, 4.69) is 15.0 Å². The van der Waals surface area contributed by atoms with Crippen LogP contribution in [-0.2, 0) is 10.0 Å². The Morgan fingerprint density at radius 2 is 1.68 bits per heavy atom. The Bertz CT molecular complexity index is 1390. The number of hydrogen-bond donors (Lipinski definition) is 2. The van der Waals surface area contributed by atoms with Gasteiger partial charge in [-0.2, -0.15) is 0 Å². The number of hydrogen-bond acceptors (Lipinski definition) is 5. The molecule has 158 valence electrons. The fourth-order valence-electron chi connectivity index (χ4n) is 2.70. The molecule has 3 aromatic carbocycles. The van der Waals surface area contributed by atoms with Gasteiger partial charge in [-0.25, -0.2) is 22.2 Å². The average Bonchev–Trinajstić information content (AvgIpc) is 3.11. The first-order valence-corrected chi connectivity index (χ1v) is 11.3. The molecule has 0 saturated heterocycles. The van der Waals surface area contributed by atoms with Crippen molar-refractivity contribution in [1.29, 1.82) is 0 Å². The van der Waals surface area contributed by atoms with Crippen LogP contribution in [0, 0.1) is 11.6 Å². The Hall–Kier alpha value is -3.08. The van der Waals surface area contributed by atoms with Gasteiger partial charge in [0.25, 0.3) is 15.9 Å². The van der Waals surface area contributed by atoms with Crippen LogP contribution in [0.4, 0.5) is 19.6 Å². The Kier molecular flexibility index (Phi) is 5.61. The standard InChI is InChI=1S/C20H12ClF2N3O3S2/c21-12-3-7-15(8-4-12)31(28,29)26-14-5-1-11(2-6-14)19(27)25-20-24-18-16(23)9-13(22)10-17(18)30-20/h1-10,26H,(H,24,25,27). The highest BCUT2D eigenvalue weighted by atomic mass is 35.5. The molecule has 2 N–H and O–H groups in total. The van der Waals surface area contributed by atoms with E-state index in [1.54, 1.807) is 0 Å². The van der Waals surface area contributed by atoms with Gasteiger partial charge in [0, 0.05) is 22.3 Å². The van der Waals surface area contributed by atoms with Gasteiger partial charge >= 0.3 is 0 Å². The molecule has 0 aliphatic rings. The molecule has 11 heteroatoms. The maximum absolute atomic E-state index is 13.8. The number of benzene rings is 3. The van der Waals surface area contributed by atoms with Gasteiger partial charge in [0.2, 0.25) is 0 Å². The second-order valence-corrected chi connectivity index (χ2v) is 9.49. The van der Waals surface area contributed by atoms with Crippen molar-refractivity contribution in [2.45, 2.75) is 4.90 Å². The van der Waals surface area contributed by atoms with E-state index in [-0.39, 0.29) is 31.5 Å². The first kappa shape index (κ1) is 21.2. The van der Waals surface area contributed by atoms with Gasteiger partial charge in [-0.15, -0.1) is 0 Å². The molecule has 0 aliphatic carbocycles. The first-order chi connectivity index (χ1) is 14.7. The largest absolute Gasteiger partial charge is 0.298 e. The van der Waals surface area contributed by atoms with Crippen LogP contribution in [0.15, 0.2) is 65.6 Å². The lowest BCUT2D eigenvalue weighted by molar-refractivity contribution is 0.102. The summed E-state index contributed by atoms with van der Waals surface area (Å²) in [6.45, 7) is 0. The first-order valence-electron chi connectivity index (χ1n) is 8.67. The summed E-state index contributed by atoms with van der Waals surface area (Å²) in [7, 11) is -3.82. The fraction of sp³-hybridized carbons (Fsp3) is 0. The van der Waals surface area contributed by atoms with E-state index in [0.29, 0.717) is 5.02 Å². The number of anilines is 2. The third-order valence-corrected chi connectivity index (χ3v) is 6.72. The van der Waals surface area contributed by atoms with E-state index in [1.165, 1.54) is 48.5 Å². The summed E-state index contributed by atoms with van der Waals surface area (Å²) in [5.41, 5.74) is 0.443. The molecule has 0 bridgehead atoms. The third kappa shape index (κ3) is 4.66. The van der Waals surface area contributed by atoms with Crippen LogP contribution in [0.3, 0.4) is 0 Å². The summed E-state index contributed by atoms with van der Waals surface area (Å²) in [6.07, 6.45) is 0. The van der Waals surface area contributed by atoms with Gasteiger partial charge in [0.1, 0.15) is 11.3 Å². The van der Waals surface area contributed by atoms with Crippen molar-refractivity contribution in [3.05, 3.63) is 82.9 Å². The zero-order valence-corrected chi connectivity index (χ0v) is 17.8. The van der Waals surface area contributed by atoms with Crippen LogP contribution in [0.1, 0.15) is 10.4 Å². The van der Waals surface area contributed by atoms with Gasteiger partial charge in [0.05, 0.1) is 9.60 Å². The normalized spacial score (nSPS) is 11.5. The molecule has 0 saturated carbocycles. The van der Waals surface area contributed by atoms with Gasteiger partial charge < -0.3 is 0 Å². The number of rotatable bonds is 5. The number of amides is 1. The summed E-state index contributed by atoms with van der Waals surface area (Å²) in [6, 6.07) is 13.2. The molecule has 4 aromatic rings. The van der Waals surface area contributed by atoms with Crippen molar-refractivity contribution in [3.63, 3.8) is 0 Å². The summed E-state index contributed by atoms with van der Waals surface area (Å²) >= 11 is 6.71. The lowest BCUT2D eigenvalue weighted by Crippen LogP contribution is -2.14. The number of carbonyl (C=O) groups is 1. The highest BCUT2D eigenvalue weighted by Crippen LogP contribution is 2.29. The topological polar surface area (TPSA) is 88.2 Å². The molecule has 1 amide bonds. The van der Waals surface area contributed by atoms with Crippen molar-refractivity contribution in [3.8, 4) is 0 Å². The van der Waals surface area contributed by atoms with E-state index < -0.39 is 27.6 Å². The maximum Gasteiger partial charge on any atom is 0.261 e. The molecule has 6 nitrogen and oxygen atoms in total. The van der Waals surface area contributed by atoms with Crippen LogP contribution in [-0.4, -0.2) is 19.3 Å². The van der Waals surface area contributed by atoms with Crippen molar-refractivity contribution in [2.75, 3.05) is 10.0 Å². The summed E-state index contributed by atoms with van der Waals surface area (Å²) in [4.78, 5) is 16.4. The minimum atomic E-state index is -3.82. The molecule has 1 heterocycles. The monoisotopic (exact) mass is 479 g/mol. The quantitative estimate of drug-likeness (QED) is 0.407. The SMILES string of the molecule is O=C(Nc1nc2c(F)cc(F)cc2s1)c1ccc(NS(=O)(=O)c2ccc(Cl)cc2)cc1. The zero-order valence-electron chi connectivity index (χ0n) is 15.4. The van der Waals surface area contributed by atoms with Crippen LogP contribution in [0.5, 0.6) is 0 Å². The number of halogens is 3. The van der Waals surface area contributed by atoms with Gasteiger partial charge in [-0.05, 0) is 54.6 Å². The minimum absolute atomic E-state index is 0.0337. The Morgan fingerprint density at radius 3 is 2.35 bits per heavy atom. The third-order valence-electron chi connectivity index (χ3n) is 4.16. The zero-order chi connectivity index (χ0) is 22.2. The fourth-order valence-corrected chi connectivity index (χ4v) is 4.78. The van der Waals surface area contributed by atoms with Gasteiger partial charge in [0.15, 0.2) is 10.9 Å².